The summed E-state index contributed by atoms with van der Waals surface area (Å²) in [5.74, 6) is 0. The first kappa shape index (κ1) is 13.4. The van der Waals surface area contributed by atoms with Crippen LogP contribution in [0.15, 0.2) is 12.1 Å². The summed E-state index contributed by atoms with van der Waals surface area (Å²) in [6, 6.07) is 3.17. The van der Waals surface area contributed by atoms with Gasteiger partial charge in [0.15, 0.2) is 0 Å². The molecule has 1 aromatic carbocycles. The smallest absolute Gasteiger partial charge is 0.294 e. The van der Waals surface area contributed by atoms with Gasteiger partial charge in [-0.2, -0.15) is 0 Å². The van der Waals surface area contributed by atoms with Crippen LogP contribution in [0.3, 0.4) is 0 Å². The van der Waals surface area contributed by atoms with E-state index in [1.807, 2.05) is 11.8 Å². The number of rotatable bonds is 2. The van der Waals surface area contributed by atoms with Gasteiger partial charge in [-0.1, -0.05) is 23.2 Å². The molecule has 18 heavy (non-hydrogen) atoms. The minimum Gasteiger partial charge on any atom is -0.363 e. The molecule has 0 saturated carbocycles. The highest BCUT2D eigenvalue weighted by Gasteiger charge is 2.25. The van der Waals surface area contributed by atoms with Crippen molar-refractivity contribution in [3.8, 4) is 0 Å². The van der Waals surface area contributed by atoms with Crippen molar-refractivity contribution in [2.45, 2.75) is 13.0 Å². The second-order valence-corrected chi connectivity index (χ2v) is 5.13. The lowest BCUT2D eigenvalue weighted by Gasteiger charge is -2.33. The highest BCUT2D eigenvalue weighted by Crippen LogP contribution is 2.36. The van der Waals surface area contributed by atoms with Crippen molar-refractivity contribution < 1.29 is 4.92 Å². The van der Waals surface area contributed by atoms with E-state index in [1.54, 1.807) is 6.07 Å². The molecule has 1 heterocycles. The molecular formula is C11H13Cl2N3O2. The third kappa shape index (κ3) is 2.68. The standard InChI is InChI=1S/C11H13Cl2N3O2/c1-7-6-15(3-2-14-7)10-4-8(12)9(13)5-11(10)16(17)18/h4-5,7,14H,2-3,6H2,1H3. The summed E-state index contributed by atoms with van der Waals surface area (Å²) in [6.07, 6.45) is 0. The zero-order valence-electron chi connectivity index (χ0n) is 9.82. The second-order valence-electron chi connectivity index (χ2n) is 4.31. The maximum absolute atomic E-state index is 11.1. The second kappa shape index (κ2) is 5.30. The van der Waals surface area contributed by atoms with Crippen molar-refractivity contribution in [1.82, 2.24) is 5.32 Å². The summed E-state index contributed by atoms with van der Waals surface area (Å²) in [4.78, 5) is 12.6. The SMILES string of the molecule is CC1CN(c2cc(Cl)c(Cl)cc2[N+](=O)[O-])CCN1. The number of nitrogens with zero attached hydrogens (tertiary/aromatic N) is 2. The molecule has 0 radical (unpaired) electrons. The predicted octanol–water partition coefficient (Wildman–Crippen LogP) is 2.70. The normalized spacial score (nSPS) is 19.9. The molecule has 98 valence electrons. The summed E-state index contributed by atoms with van der Waals surface area (Å²) in [5.41, 5.74) is 0.529. The van der Waals surface area contributed by atoms with Crippen molar-refractivity contribution in [3.05, 3.63) is 32.3 Å². The molecule has 0 amide bonds. The number of nitro benzene ring substituents is 1. The van der Waals surface area contributed by atoms with Gasteiger partial charge in [-0.25, -0.2) is 0 Å². The van der Waals surface area contributed by atoms with Crippen LogP contribution in [0.25, 0.3) is 0 Å². The molecule has 7 heteroatoms. The van der Waals surface area contributed by atoms with Crippen LogP contribution >= 0.6 is 23.2 Å². The topological polar surface area (TPSA) is 58.4 Å². The van der Waals surface area contributed by atoms with Gasteiger partial charge in [0, 0.05) is 31.7 Å². The molecule has 0 aromatic heterocycles. The molecule has 0 bridgehead atoms. The van der Waals surface area contributed by atoms with E-state index in [4.69, 9.17) is 23.2 Å². The van der Waals surface area contributed by atoms with Gasteiger partial charge in [0.05, 0.1) is 15.0 Å². The third-order valence-corrected chi connectivity index (χ3v) is 3.65. The third-order valence-electron chi connectivity index (χ3n) is 2.92. The zero-order chi connectivity index (χ0) is 13.3. The van der Waals surface area contributed by atoms with Crippen LogP contribution in [-0.2, 0) is 0 Å². The molecule has 0 aliphatic carbocycles. The van der Waals surface area contributed by atoms with Crippen LogP contribution in [0.2, 0.25) is 10.0 Å². The van der Waals surface area contributed by atoms with Crippen molar-refractivity contribution in [1.29, 1.82) is 0 Å². The number of halogens is 2. The molecule has 2 rings (SSSR count). The molecule has 1 atom stereocenters. The molecule has 1 aliphatic heterocycles. The Hall–Kier alpha value is -1.04. The van der Waals surface area contributed by atoms with Crippen LogP contribution in [0, 0.1) is 10.1 Å². The molecule has 1 saturated heterocycles. The van der Waals surface area contributed by atoms with E-state index in [2.05, 4.69) is 5.32 Å². The molecular weight excluding hydrogens is 277 g/mol. The number of benzene rings is 1. The predicted molar refractivity (Wildman–Crippen MR) is 72.8 cm³/mol. The maximum atomic E-state index is 11.1. The number of nitrogens with one attached hydrogen (secondary N) is 1. The summed E-state index contributed by atoms with van der Waals surface area (Å²) in [6.45, 7) is 4.25. The molecule has 0 spiro atoms. The van der Waals surface area contributed by atoms with E-state index in [-0.39, 0.29) is 16.8 Å². The Bertz CT molecular complexity index is 482. The number of piperazine rings is 1. The number of hydrogen-bond donors (Lipinski definition) is 1. The molecule has 1 unspecified atom stereocenters. The van der Waals surface area contributed by atoms with Gasteiger partial charge < -0.3 is 10.2 Å². The summed E-state index contributed by atoms with van der Waals surface area (Å²) >= 11 is 11.8. The minimum absolute atomic E-state index is 0.00139. The number of nitro groups is 1. The van der Waals surface area contributed by atoms with Crippen molar-refractivity contribution in [2.24, 2.45) is 0 Å². The van der Waals surface area contributed by atoms with E-state index >= 15 is 0 Å². The Morgan fingerprint density at radius 3 is 2.72 bits per heavy atom. The van der Waals surface area contributed by atoms with E-state index in [0.29, 0.717) is 23.8 Å². The van der Waals surface area contributed by atoms with Crippen LogP contribution in [0.1, 0.15) is 6.92 Å². The fraction of sp³-hybridized carbons (Fsp3) is 0.455. The van der Waals surface area contributed by atoms with E-state index in [1.165, 1.54) is 6.07 Å². The average molecular weight is 290 g/mol. The van der Waals surface area contributed by atoms with Gasteiger partial charge in [-0.3, -0.25) is 10.1 Å². The van der Waals surface area contributed by atoms with Gasteiger partial charge in [0.2, 0.25) is 0 Å². The lowest BCUT2D eigenvalue weighted by Crippen LogP contribution is -2.49. The van der Waals surface area contributed by atoms with Gasteiger partial charge in [0.25, 0.3) is 5.69 Å². The van der Waals surface area contributed by atoms with E-state index in [9.17, 15) is 10.1 Å². The minimum atomic E-state index is -0.426. The first-order chi connectivity index (χ1) is 8.49. The Balaban J connectivity index is 2.41. The van der Waals surface area contributed by atoms with Gasteiger partial charge in [-0.15, -0.1) is 0 Å². The summed E-state index contributed by atoms with van der Waals surface area (Å²) in [7, 11) is 0. The van der Waals surface area contributed by atoms with Crippen molar-refractivity contribution in [3.63, 3.8) is 0 Å². The Morgan fingerprint density at radius 1 is 1.44 bits per heavy atom. The van der Waals surface area contributed by atoms with Crippen molar-refractivity contribution in [2.75, 3.05) is 24.5 Å². The van der Waals surface area contributed by atoms with E-state index in [0.717, 1.165) is 6.54 Å². The fourth-order valence-corrected chi connectivity index (χ4v) is 2.39. The monoisotopic (exact) mass is 289 g/mol. The Labute approximate surface area is 115 Å². The number of anilines is 1. The largest absolute Gasteiger partial charge is 0.363 e. The van der Waals surface area contributed by atoms with Crippen LogP contribution < -0.4 is 10.2 Å². The highest BCUT2D eigenvalue weighted by molar-refractivity contribution is 6.42. The van der Waals surface area contributed by atoms with Gasteiger partial charge in [0.1, 0.15) is 5.69 Å². The lowest BCUT2D eigenvalue weighted by atomic mass is 10.2. The molecule has 1 fully saturated rings. The molecule has 1 aromatic rings. The fourth-order valence-electron chi connectivity index (χ4n) is 2.08. The Kier molecular flexibility index (Phi) is 3.94. The first-order valence-electron chi connectivity index (χ1n) is 5.61. The molecule has 5 nitrogen and oxygen atoms in total. The van der Waals surface area contributed by atoms with Crippen LogP contribution in [-0.4, -0.2) is 30.6 Å². The summed E-state index contributed by atoms with van der Waals surface area (Å²) < 4.78 is 0. The van der Waals surface area contributed by atoms with E-state index < -0.39 is 4.92 Å². The number of hydrogen-bond acceptors (Lipinski definition) is 4. The first-order valence-corrected chi connectivity index (χ1v) is 6.36. The van der Waals surface area contributed by atoms with Crippen molar-refractivity contribution >= 4 is 34.6 Å². The quantitative estimate of drug-likeness (QED) is 0.672. The zero-order valence-corrected chi connectivity index (χ0v) is 11.3. The highest BCUT2D eigenvalue weighted by atomic mass is 35.5. The molecule has 1 N–H and O–H groups in total. The van der Waals surface area contributed by atoms with Gasteiger partial charge >= 0.3 is 0 Å². The Morgan fingerprint density at radius 2 is 2.11 bits per heavy atom. The summed E-state index contributed by atoms with van der Waals surface area (Å²) in [5, 5.41) is 14.9. The van der Waals surface area contributed by atoms with Gasteiger partial charge in [-0.05, 0) is 13.0 Å². The lowest BCUT2D eigenvalue weighted by molar-refractivity contribution is -0.384. The molecule has 1 aliphatic rings. The maximum Gasteiger partial charge on any atom is 0.294 e. The van der Waals surface area contributed by atoms with Crippen LogP contribution in [0.5, 0.6) is 0 Å². The average Bonchev–Trinajstić information content (AvgIpc) is 2.31. The van der Waals surface area contributed by atoms with Crippen LogP contribution in [0.4, 0.5) is 11.4 Å².